The lowest BCUT2D eigenvalue weighted by atomic mass is 10.1. The fourth-order valence-electron chi connectivity index (χ4n) is 4.58. The summed E-state index contributed by atoms with van der Waals surface area (Å²) in [6.45, 7) is 2.67. The second kappa shape index (κ2) is 8.09. The predicted octanol–water partition coefficient (Wildman–Crippen LogP) is 3.05. The highest BCUT2D eigenvalue weighted by atomic mass is 32.1. The van der Waals surface area contributed by atoms with Crippen LogP contribution in [0.1, 0.15) is 49.8 Å². The van der Waals surface area contributed by atoms with Gasteiger partial charge in [-0.25, -0.2) is 0 Å². The number of thiophene rings is 1. The van der Waals surface area contributed by atoms with Crippen LogP contribution in [0, 0.1) is 5.92 Å². The van der Waals surface area contributed by atoms with E-state index in [1.165, 1.54) is 17.7 Å². The van der Waals surface area contributed by atoms with Gasteiger partial charge in [0.1, 0.15) is 0 Å². The van der Waals surface area contributed by atoms with Crippen LogP contribution in [0.3, 0.4) is 0 Å². The summed E-state index contributed by atoms with van der Waals surface area (Å²) in [7, 11) is 0. The first-order valence-electron chi connectivity index (χ1n) is 9.93. The van der Waals surface area contributed by atoms with Crippen molar-refractivity contribution >= 4 is 23.2 Å². The summed E-state index contributed by atoms with van der Waals surface area (Å²) in [5.41, 5.74) is 0. The van der Waals surface area contributed by atoms with Crippen LogP contribution in [0.4, 0.5) is 0 Å². The first-order chi connectivity index (χ1) is 12.7. The Morgan fingerprint density at radius 1 is 1.27 bits per heavy atom. The van der Waals surface area contributed by atoms with E-state index in [4.69, 9.17) is 4.74 Å². The average Bonchev–Trinajstić information content (AvgIpc) is 3.41. The Bertz CT molecular complexity index is 621. The molecule has 2 aliphatic heterocycles. The van der Waals surface area contributed by atoms with Gasteiger partial charge < -0.3 is 14.5 Å². The molecule has 0 radical (unpaired) electrons. The Kier molecular flexibility index (Phi) is 5.60. The molecule has 2 saturated heterocycles. The van der Waals surface area contributed by atoms with E-state index in [9.17, 15) is 9.59 Å². The Morgan fingerprint density at radius 3 is 2.81 bits per heavy atom. The van der Waals surface area contributed by atoms with Gasteiger partial charge in [-0.15, -0.1) is 11.3 Å². The highest BCUT2D eigenvalue weighted by molar-refractivity contribution is 7.09. The number of nitrogens with zero attached hydrogens (tertiary/aromatic N) is 2. The molecule has 0 bridgehead atoms. The molecule has 4 rings (SSSR count). The molecule has 6 heteroatoms. The number of likely N-dealkylation sites (tertiary alicyclic amines) is 1. The maximum Gasteiger partial charge on any atom is 0.228 e. The Balaban J connectivity index is 1.43. The molecule has 1 aliphatic carbocycles. The Labute approximate surface area is 159 Å². The molecule has 3 heterocycles. The van der Waals surface area contributed by atoms with E-state index in [2.05, 4.69) is 6.07 Å². The van der Waals surface area contributed by atoms with Crippen LogP contribution in [0.25, 0.3) is 0 Å². The Hall–Kier alpha value is -1.40. The molecule has 1 aromatic rings. The second-order valence-electron chi connectivity index (χ2n) is 7.82. The molecular weight excluding hydrogens is 348 g/mol. The molecule has 2 atom stereocenters. The van der Waals surface area contributed by atoms with E-state index in [0.717, 1.165) is 32.3 Å². The van der Waals surface area contributed by atoms with Gasteiger partial charge in [0.2, 0.25) is 11.8 Å². The summed E-state index contributed by atoms with van der Waals surface area (Å²) in [6, 6.07) is 4.46. The summed E-state index contributed by atoms with van der Waals surface area (Å²) < 4.78 is 5.77. The van der Waals surface area contributed by atoms with Crippen LogP contribution in [-0.2, 0) is 20.9 Å². The lowest BCUT2D eigenvalue weighted by Gasteiger charge is -2.28. The lowest BCUT2D eigenvalue weighted by Crippen LogP contribution is -2.41. The molecule has 2 unspecified atom stereocenters. The molecular formula is C20H28N2O3S. The number of hydrogen-bond donors (Lipinski definition) is 0. The normalized spacial score (nSPS) is 26.8. The molecule has 3 fully saturated rings. The Morgan fingerprint density at radius 2 is 2.12 bits per heavy atom. The van der Waals surface area contributed by atoms with Crippen LogP contribution in [0.5, 0.6) is 0 Å². The molecule has 5 nitrogen and oxygen atoms in total. The maximum atomic E-state index is 13.3. The fraction of sp³-hybridized carbons (Fsp3) is 0.700. The molecule has 142 valence electrons. The summed E-state index contributed by atoms with van der Waals surface area (Å²) in [5.74, 6) is 0.107. The zero-order chi connectivity index (χ0) is 17.9. The quantitative estimate of drug-likeness (QED) is 0.767. The second-order valence-corrected chi connectivity index (χ2v) is 8.85. The lowest BCUT2D eigenvalue weighted by molar-refractivity contribution is -0.138. The number of rotatable bonds is 6. The zero-order valence-electron chi connectivity index (χ0n) is 15.3. The van der Waals surface area contributed by atoms with Crippen molar-refractivity contribution in [1.82, 2.24) is 9.80 Å². The molecule has 1 saturated carbocycles. The molecule has 1 aromatic heterocycles. The molecule has 2 amide bonds. The van der Waals surface area contributed by atoms with Crippen LogP contribution in [-0.4, -0.2) is 53.5 Å². The fourth-order valence-corrected chi connectivity index (χ4v) is 5.30. The minimum atomic E-state index is -0.190. The van der Waals surface area contributed by atoms with E-state index in [-0.39, 0.29) is 23.8 Å². The maximum absolute atomic E-state index is 13.3. The van der Waals surface area contributed by atoms with Gasteiger partial charge in [0, 0.05) is 37.0 Å². The SMILES string of the molecule is O=C(C1CC(=O)N(C2CCCC2)C1)N(Cc1cccs1)CC1CCCO1. The van der Waals surface area contributed by atoms with Gasteiger partial charge in [0.25, 0.3) is 0 Å². The van der Waals surface area contributed by atoms with E-state index >= 15 is 0 Å². The van der Waals surface area contributed by atoms with Crippen LogP contribution in [0.2, 0.25) is 0 Å². The highest BCUT2D eigenvalue weighted by Crippen LogP contribution is 2.31. The smallest absolute Gasteiger partial charge is 0.228 e. The third kappa shape index (κ3) is 3.96. The first-order valence-corrected chi connectivity index (χ1v) is 10.8. The largest absolute Gasteiger partial charge is 0.376 e. The van der Waals surface area contributed by atoms with Gasteiger partial charge in [0.05, 0.1) is 18.6 Å². The number of carbonyl (C=O) groups excluding carboxylic acids is 2. The van der Waals surface area contributed by atoms with Crippen LogP contribution >= 0.6 is 11.3 Å². The van der Waals surface area contributed by atoms with E-state index in [0.29, 0.717) is 32.1 Å². The van der Waals surface area contributed by atoms with Crippen molar-refractivity contribution in [2.24, 2.45) is 5.92 Å². The molecule has 0 N–H and O–H groups in total. The molecule has 0 aromatic carbocycles. The van der Waals surface area contributed by atoms with Gasteiger partial charge in [-0.05, 0) is 37.1 Å². The van der Waals surface area contributed by atoms with Crippen molar-refractivity contribution in [3.63, 3.8) is 0 Å². The van der Waals surface area contributed by atoms with Crippen molar-refractivity contribution in [3.05, 3.63) is 22.4 Å². The van der Waals surface area contributed by atoms with Crippen LogP contribution < -0.4 is 0 Å². The standard InChI is InChI=1S/C20H28N2O3S/c23-19-11-15(12-22(19)16-5-1-2-6-16)20(24)21(13-17-7-3-9-25-17)14-18-8-4-10-26-18/h4,8,10,15-17H,1-3,5-7,9,11-14H2. The van der Waals surface area contributed by atoms with Crippen LogP contribution in [0.15, 0.2) is 17.5 Å². The van der Waals surface area contributed by atoms with Gasteiger partial charge in [-0.1, -0.05) is 18.9 Å². The summed E-state index contributed by atoms with van der Waals surface area (Å²) in [6.07, 6.45) is 7.22. The number of carbonyl (C=O) groups is 2. The van der Waals surface area contributed by atoms with E-state index in [1.54, 1.807) is 11.3 Å². The monoisotopic (exact) mass is 376 g/mol. The summed E-state index contributed by atoms with van der Waals surface area (Å²) in [5, 5.41) is 2.05. The topological polar surface area (TPSA) is 49.9 Å². The predicted molar refractivity (Wildman–Crippen MR) is 101 cm³/mol. The minimum absolute atomic E-state index is 0.128. The van der Waals surface area contributed by atoms with Crippen molar-refractivity contribution in [2.45, 2.75) is 63.6 Å². The summed E-state index contributed by atoms with van der Waals surface area (Å²) in [4.78, 5) is 30.9. The van der Waals surface area contributed by atoms with Crippen molar-refractivity contribution in [2.75, 3.05) is 19.7 Å². The first kappa shape index (κ1) is 18.0. The number of amides is 2. The average molecular weight is 377 g/mol. The third-order valence-corrected chi connectivity index (χ3v) is 6.82. The minimum Gasteiger partial charge on any atom is -0.376 e. The molecule has 3 aliphatic rings. The van der Waals surface area contributed by atoms with Gasteiger partial charge >= 0.3 is 0 Å². The van der Waals surface area contributed by atoms with Gasteiger partial charge in [-0.3, -0.25) is 9.59 Å². The molecule has 0 spiro atoms. The van der Waals surface area contributed by atoms with E-state index < -0.39 is 0 Å². The van der Waals surface area contributed by atoms with E-state index in [1.807, 2.05) is 21.2 Å². The van der Waals surface area contributed by atoms with Gasteiger partial charge in [0.15, 0.2) is 0 Å². The van der Waals surface area contributed by atoms with Crippen molar-refractivity contribution in [1.29, 1.82) is 0 Å². The zero-order valence-corrected chi connectivity index (χ0v) is 16.1. The van der Waals surface area contributed by atoms with Crippen molar-refractivity contribution in [3.8, 4) is 0 Å². The van der Waals surface area contributed by atoms with Crippen molar-refractivity contribution < 1.29 is 14.3 Å². The summed E-state index contributed by atoms with van der Waals surface area (Å²) >= 11 is 1.68. The number of ether oxygens (including phenoxy) is 1. The number of hydrogen-bond acceptors (Lipinski definition) is 4. The highest BCUT2D eigenvalue weighted by Gasteiger charge is 2.40. The van der Waals surface area contributed by atoms with Gasteiger partial charge in [-0.2, -0.15) is 0 Å². The third-order valence-electron chi connectivity index (χ3n) is 5.96. The molecule has 26 heavy (non-hydrogen) atoms.